The van der Waals surface area contributed by atoms with E-state index >= 15 is 0 Å². The molecule has 2 aromatic carbocycles. The number of halogens is 2. The highest BCUT2D eigenvalue weighted by molar-refractivity contribution is 6.30. The normalized spacial score (nSPS) is 11.4. The first-order chi connectivity index (χ1) is 10.6. The van der Waals surface area contributed by atoms with Crippen LogP contribution in [0, 0.1) is 5.82 Å². The van der Waals surface area contributed by atoms with Crippen molar-refractivity contribution in [1.82, 2.24) is 19.6 Å². The van der Waals surface area contributed by atoms with Crippen LogP contribution in [0.5, 0.6) is 5.75 Å². The van der Waals surface area contributed by atoms with Gasteiger partial charge in [-0.25, -0.2) is 18.9 Å². The van der Waals surface area contributed by atoms with Crippen LogP contribution in [-0.2, 0) is 0 Å². The number of fused-ring (bicyclic) bond motifs is 3. The van der Waals surface area contributed by atoms with Gasteiger partial charge in [-0.3, -0.25) is 0 Å². The minimum Gasteiger partial charge on any atom is -0.507 e. The van der Waals surface area contributed by atoms with E-state index < -0.39 is 0 Å². The number of aromatic nitrogens is 4. The van der Waals surface area contributed by atoms with E-state index in [0.29, 0.717) is 33.0 Å². The lowest BCUT2D eigenvalue weighted by Crippen LogP contribution is -1.91. The summed E-state index contributed by atoms with van der Waals surface area (Å²) in [5.74, 6) is -0.0696. The van der Waals surface area contributed by atoms with Crippen LogP contribution < -0.4 is 0 Å². The Labute approximate surface area is 128 Å². The van der Waals surface area contributed by atoms with E-state index in [1.54, 1.807) is 18.2 Å². The molecule has 2 aromatic heterocycles. The molecule has 4 rings (SSSR count). The van der Waals surface area contributed by atoms with E-state index in [1.165, 1.54) is 29.0 Å². The van der Waals surface area contributed by atoms with Crippen molar-refractivity contribution in [3.63, 3.8) is 0 Å². The van der Waals surface area contributed by atoms with Gasteiger partial charge in [0, 0.05) is 10.4 Å². The second kappa shape index (κ2) is 4.64. The lowest BCUT2D eigenvalue weighted by Gasteiger charge is -1.99. The standard InChI is InChI=1S/C15H8ClFN4O/c16-8-1-4-13(22)11(5-8)14-19-15-10-6-9(17)2-3-12(10)18-7-21(15)20-14/h1-7,22H. The molecule has 0 aliphatic carbocycles. The van der Waals surface area contributed by atoms with Crippen LogP contribution in [0.4, 0.5) is 4.39 Å². The molecule has 1 N–H and O–H groups in total. The molecular weight excluding hydrogens is 307 g/mol. The molecule has 0 aliphatic heterocycles. The van der Waals surface area contributed by atoms with Crippen molar-refractivity contribution >= 4 is 28.2 Å². The predicted octanol–water partition coefficient (Wildman–Crippen LogP) is 3.44. The van der Waals surface area contributed by atoms with Gasteiger partial charge in [-0.15, -0.1) is 5.10 Å². The number of phenolic OH excluding ortho intramolecular Hbond substituents is 1. The van der Waals surface area contributed by atoms with Gasteiger partial charge in [0.2, 0.25) is 0 Å². The van der Waals surface area contributed by atoms with Gasteiger partial charge in [-0.2, -0.15) is 0 Å². The van der Waals surface area contributed by atoms with Gasteiger partial charge in [-0.05, 0) is 36.4 Å². The molecule has 0 saturated carbocycles. The third-order valence-corrected chi connectivity index (χ3v) is 3.57. The minimum absolute atomic E-state index is 0.0174. The molecule has 0 aliphatic rings. The van der Waals surface area contributed by atoms with Gasteiger partial charge >= 0.3 is 0 Å². The van der Waals surface area contributed by atoms with E-state index in [2.05, 4.69) is 15.1 Å². The van der Waals surface area contributed by atoms with E-state index in [0.717, 1.165) is 0 Å². The summed E-state index contributed by atoms with van der Waals surface area (Å²) in [4.78, 5) is 8.58. The fourth-order valence-corrected chi connectivity index (χ4v) is 2.48. The molecule has 0 amide bonds. The number of hydrogen-bond donors (Lipinski definition) is 1. The lowest BCUT2D eigenvalue weighted by atomic mass is 10.2. The first-order valence-electron chi connectivity index (χ1n) is 6.41. The molecule has 0 radical (unpaired) electrons. The molecule has 0 bridgehead atoms. The van der Waals surface area contributed by atoms with Gasteiger partial charge in [0.15, 0.2) is 11.5 Å². The van der Waals surface area contributed by atoms with Crippen LogP contribution in [0.3, 0.4) is 0 Å². The monoisotopic (exact) mass is 314 g/mol. The van der Waals surface area contributed by atoms with E-state index in [9.17, 15) is 9.50 Å². The topological polar surface area (TPSA) is 63.3 Å². The molecule has 2 heterocycles. The molecule has 0 fully saturated rings. The van der Waals surface area contributed by atoms with Crippen molar-refractivity contribution in [2.45, 2.75) is 0 Å². The van der Waals surface area contributed by atoms with Crippen molar-refractivity contribution in [2.75, 3.05) is 0 Å². The highest BCUT2D eigenvalue weighted by atomic mass is 35.5. The van der Waals surface area contributed by atoms with Crippen molar-refractivity contribution in [2.24, 2.45) is 0 Å². The summed E-state index contributed by atoms with van der Waals surface area (Å²) in [6.07, 6.45) is 1.49. The highest BCUT2D eigenvalue weighted by Crippen LogP contribution is 2.30. The highest BCUT2D eigenvalue weighted by Gasteiger charge is 2.14. The number of nitrogens with zero attached hydrogens (tertiary/aromatic N) is 4. The van der Waals surface area contributed by atoms with Crippen molar-refractivity contribution in [1.29, 1.82) is 0 Å². The summed E-state index contributed by atoms with van der Waals surface area (Å²) in [6, 6.07) is 8.89. The van der Waals surface area contributed by atoms with Gasteiger partial charge < -0.3 is 5.11 Å². The van der Waals surface area contributed by atoms with Crippen molar-refractivity contribution in [3.05, 3.63) is 53.6 Å². The van der Waals surface area contributed by atoms with Gasteiger partial charge in [0.25, 0.3) is 0 Å². The van der Waals surface area contributed by atoms with Gasteiger partial charge in [-0.1, -0.05) is 11.6 Å². The summed E-state index contributed by atoms with van der Waals surface area (Å²) < 4.78 is 14.9. The summed E-state index contributed by atoms with van der Waals surface area (Å²) >= 11 is 5.95. The lowest BCUT2D eigenvalue weighted by molar-refractivity contribution is 0.477. The molecule has 0 atom stereocenters. The van der Waals surface area contributed by atoms with Gasteiger partial charge in [0.05, 0.1) is 11.1 Å². The van der Waals surface area contributed by atoms with Crippen LogP contribution in [-0.4, -0.2) is 24.7 Å². The van der Waals surface area contributed by atoms with E-state index in [1.807, 2.05) is 0 Å². The van der Waals surface area contributed by atoms with Crippen LogP contribution in [0.2, 0.25) is 5.02 Å². The van der Waals surface area contributed by atoms with E-state index in [-0.39, 0.29) is 11.6 Å². The van der Waals surface area contributed by atoms with Gasteiger partial charge in [0.1, 0.15) is 17.9 Å². The number of rotatable bonds is 1. The summed E-state index contributed by atoms with van der Waals surface area (Å²) in [6.45, 7) is 0. The summed E-state index contributed by atoms with van der Waals surface area (Å²) in [5.41, 5.74) is 1.47. The SMILES string of the molecule is Oc1ccc(Cl)cc1-c1nc2c3cc(F)ccc3ncn2n1. The molecule has 0 saturated heterocycles. The average Bonchev–Trinajstić information content (AvgIpc) is 2.94. The Kier molecular flexibility index (Phi) is 2.74. The third kappa shape index (κ3) is 1.96. The Balaban J connectivity index is 2.03. The quantitative estimate of drug-likeness (QED) is 0.584. The molecule has 7 heteroatoms. The van der Waals surface area contributed by atoms with E-state index in [4.69, 9.17) is 11.6 Å². The van der Waals surface area contributed by atoms with Crippen LogP contribution >= 0.6 is 11.6 Å². The van der Waals surface area contributed by atoms with Crippen molar-refractivity contribution in [3.8, 4) is 17.1 Å². The Bertz CT molecular complexity index is 1030. The van der Waals surface area contributed by atoms with Crippen LogP contribution in [0.25, 0.3) is 27.9 Å². The number of benzene rings is 2. The fraction of sp³-hybridized carbons (Fsp3) is 0. The Morgan fingerprint density at radius 2 is 2.00 bits per heavy atom. The Morgan fingerprint density at radius 3 is 2.86 bits per heavy atom. The minimum atomic E-state index is -0.377. The molecule has 0 spiro atoms. The Morgan fingerprint density at radius 1 is 1.14 bits per heavy atom. The maximum Gasteiger partial charge on any atom is 0.186 e. The first kappa shape index (κ1) is 13.0. The fourth-order valence-electron chi connectivity index (χ4n) is 2.31. The molecule has 108 valence electrons. The zero-order chi connectivity index (χ0) is 15.3. The predicted molar refractivity (Wildman–Crippen MR) is 80.4 cm³/mol. The number of phenols is 1. The smallest absolute Gasteiger partial charge is 0.186 e. The van der Waals surface area contributed by atoms with Crippen LogP contribution in [0.1, 0.15) is 0 Å². The largest absolute Gasteiger partial charge is 0.507 e. The second-order valence-corrected chi connectivity index (χ2v) is 5.21. The first-order valence-corrected chi connectivity index (χ1v) is 6.79. The van der Waals surface area contributed by atoms with Crippen molar-refractivity contribution < 1.29 is 9.50 Å². The molecule has 0 unspecified atom stereocenters. The molecule has 4 aromatic rings. The maximum atomic E-state index is 13.5. The maximum absolute atomic E-state index is 13.5. The number of hydrogen-bond acceptors (Lipinski definition) is 4. The second-order valence-electron chi connectivity index (χ2n) is 4.77. The number of aromatic hydroxyl groups is 1. The van der Waals surface area contributed by atoms with Crippen LogP contribution in [0.15, 0.2) is 42.7 Å². The molecular formula is C15H8ClFN4O. The molecule has 5 nitrogen and oxygen atoms in total. The Hall–Kier alpha value is -2.73. The zero-order valence-corrected chi connectivity index (χ0v) is 11.8. The summed E-state index contributed by atoms with van der Waals surface area (Å²) in [5, 5.41) is 15.2. The third-order valence-electron chi connectivity index (χ3n) is 3.34. The molecule has 22 heavy (non-hydrogen) atoms. The summed E-state index contributed by atoms with van der Waals surface area (Å²) in [7, 11) is 0. The average molecular weight is 315 g/mol. The zero-order valence-electron chi connectivity index (χ0n) is 11.0.